The molecule has 1 rings (SSSR count). The van der Waals surface area contributed by atoms with Gasteiger partial charge in [0.1, 0.15) is 0 Å². The predicted molar refractivity (Wildman–Crippen MR) is 56.5 cm³/mol. The second-order valence-corrected chi connectivity index (χ2v) is 3.85. The molecular formula is C8H15N3O2S. The first kappa shape index (κ1) is 11.3. The summed E-state index contributed by atoms with van der Waals surface area (Å²) in [6, 6.07) is 0.466. The Labute approximate surface area is 87.6 Å². The zero-order chi connectivity index (χ0) is 10.2. The number of hydrogen-bond donors (Lipinski definition) is 1. The average Bonchev–Trinajstić information content (AvgIpc) is 2.63. The Morgan fingerprint density at radius 2 is 2.43 bits per heavy atom. The van der Waals surface area contributed by atoms with Crippen LogP contribution in [0, 0.1) is 0 Å². The molecule has 0 atom stereocenters. The number of anilines is 1. The first-order valence-electron chi connectivity index (χ1n) is 4.50. The van der Waals surface area contributed by atoms with Crippen LogP contribution in [0.5, 0.6) is 0 Å². The third-order valence-electron chi connectivity index (χ3n) is 1.49. The Morgan fingerprint density at radius 1 is 1.57 bits per heavy atom. The summed E-state index contributed by atoms with van der Waals surface area (Å²) in [7, 11) is 1.65. The van der Waals surface area contributed by atoms with Gasteiger partial charge in [0.15, 0.2) is 5.82 Å². The molecule has 5 nitrogen and oxygen atoms in total. The Balaban J connectivity index is 2.27. The lowest BCUT2D eigenvalue weighted by atomic mass is 10.7. The molecule has 0 spiro atoms. The standard InChI is InChI=1S/C8H15N3O2S/c1-3-14-6-7-10-8(13-11-7)9-4-5-12-2/h3-6H2,1-2H3,(H,9,10,11). The van der Waals surface area contributed by atoms with E-state index in [0.717, 1.165) is 17.3 Å². The fourth-order valence-electron chi connectivity index (χ4n) is 0.838. The van der Waals surface area contributed by atoms with Crippen LogP contribution in [0.4, 0.5) is 6.01 Å². The summed E-state index contributed by atoms with van der Waals surface area (Å²) in [6.45, 7) is 3.41. The molecular weight excluding hydrogens is 202 g/mol. The van der Waals surface area contributed by atoms with E-state index in [2.05, 4.69) is 22.4 Å². The number of ether oxygens (including phenoxy) is 1. The van der Waals surface area contributed by atoms with Crippen LogP contribution in [0.25, 0.3) is 0 Å². The molecule has 1 heterocycles. The molecule has 14 heavy (non-hydrogen) atoms. The normalized spacial score (nSPS) is 10.4. The quantitative estimate of drug-likeness (QED) is 0.696. The van der Waals surface area contributed by atoms with Crippen LogP contribution < -0.4 is 5.32 Å². The van der Waals surface area contributed by atoms with Gasteiger partial charge < -0.3 is 14.6 Å². The third kappa shape index (κ3) is 3.97. The fourth-order valence-corrected chi connectivity index (χ4v) is 1.34. The van der Waals surface area contributed by atoms with Crippen LogP contribution in [-0.4, -0.2) is 36.2 Å². The van der Waals surface area contributed by atoms with E-state index in [9.17, 15) is 0 Å². The van der Waals surface area contributed by atoms with Crippen LogP contribution in [0.2, 0.25) is 0 Å². The van der Waals surface area contributed by atoms with E-state index in [-0.39, 0.29) is 0 Å². The molecule has 0 fully saturated rings. The van der Waals surface area contributed by atoms with E-state index in [0.29, 0.717) is 19.2 Å². The van der Waals surface area contributed by atoms with Crippen LogP contribution in [-0.2, 0) is 10.5 Å². The van der Waals surface area contributed by atoms with Crippen molar-refractivity contribution < 1.29 is 9.26 Å². The van der Waals surface area contributed by atoms with Crippen molar-refractivity contribution in [1.82, 2.24) is 10.1 Å². The molecule has 0 aromatic carbocycles. The van der Waals surface area contributed by atoms with Crippen molar-refractivity contribution in [2.24, 2.45) is 0 Å². The number of hydrogen-bond acceptors (Lipinski definition) is 6. The van der Waals surface area contributed by atoms with Gasteiger partial charge >= 0.3 is 6.01 Å². The molecule has 1 aromatic rings. The SMILES string of the molecule is CCSCc1noc(NCCOC)n1. The molecule has 0 amide bonds. The van der Waals surface area contributed by atoms with Gasteiger partial charge in [-0.25, -0.2) is 0 Å². The molecule has 0 unspecified atom stereocenters. The fraction of sp³-hybridized carbons (Fsp3) is 0.750. The molecule has 0 bridgehead atoms. The second-order valence-electron chi connectivity index (χ2n) is 2.57. The number of aromatic nitrogens is 2. The highest BCUT2D eigenvalue weighted by molar-refractivity contribution is 7.98. The Hall–Kier alpha value is -0.750. The summed E-state index contributed by atoms with van der Waals surface area (Å²) >= 11 is 1.77. The minimum Gasteiger partial charge on any atom is -0.383 e. The van der Waals surface area contributed by atoms with Crippen molar-refractivity contribution in [2.45, 2.75) is 12.7 Å². The monoisotopic (exact) mass is 217 g/mol. The molecule has 1 aromatic heterocycles. The number of nitrogens with zero attached hydrogens (tertiary/aromatic N) is 2. The van der Waals surface area contributed by atoms with E-state index in [1.165, 1.54) is 0 Å². The summed E-state index contributed by atoms with van der Waals surface area (Å²) in [5.41, 5.74) is 0. The Kier molecular flexibility index (Phi) is 5.39. The van der Waals surface area contributed by atoms with Gasteiger partial charge in [0, 0.05) is 13.7 Å². The highest BCUT2D eigenvalue weighted by Gasteiger charge is 2.04. The largest absolute Gasteiger partial charge is 0.383 e. The maximum Gasteiger partial charge on any atom is 0.321 e. The van der Waals surface area contributed by atoms with Gasteiger partial charge in [-0.3, -0.25) is 0 Å². The maximum atomic E-state index is 4.97. The zero-order valence-corrected chi connectivity index (χ0v) is 9.26. The van der Waals surface area contributed by atoms with E-state index in [1.807, 2.05) is 0 Å². The smallest absolute Gasteiger partial charge is 0.321 e. The van der Waals surface area contributed by atoms with Crippen molar-refractivity contribution in [3.8, 4) is 0 Å². The first-order chi connectivity index (χ1) is 6.86. The summed E-state index contributed by atoms with van der Waals surface area (Å²) in [5.74, 6) is 2.59. The lowest BCUT2D eigenvalue weighted by Crippen LogP contribution is -2.07. The Bertz CT molecular complexity index is 254. The minimum atomic E-state index is 0.466. The van der Waals surface area contributed by atoms with Crippen LogP contribution in [0.1, 0.15) is 12.7 Å². The predicted octanol–water partition coefficient (Wildman–Crippen LogP) is 1.38. The molecule has 0 saturated heterocycles. The highest BCUT2D eigenvalue weighted by Crippen LogP contribution is 2.10. The van der Waals surface area contributed by atoms with E-state index >= 15 is 0 Å². The van der Waals surface area contributed by atoms with Crippen LogP contribution >= 0.6 is 11.8 Å². The van der Waals surface area contributed by atoms with Crippen LogP contribution in [0.3, 0.4) is 0 Å². The lowest BCUT2D eigenvalue weighted by molar-refractivity contribution is 0.210. The molecule has 0 saturated carbocycles. The van der Waals surface area contributed by atoms with Gasteiger partial charge in [-0.05, 0) is 5.75 Å². The van der Waals surface area contributed by atoms with Crippen molar-refractivity contribution in [3.05, 3.63) is 5.82 Å². The zero-order valence-electron chi connectivity index (χ0n) is 8.45. The topological polar surface area (TPSA) is 60.2 Å². The number of thioether (sulfide) groups is 1. The van der Waals surface area contributed by atoms with E-state index in [1.54, 1.807) is 18.9 Å². The number of nitrogens with one attached hydrogen (secondary N) is 1. The van der Waals surface area contributed by atoms with Gasteiger partial charge in [-0.1, -0.05) is 12.1 Å². The first-order valence-corrected chi connectivity index (χ1v) is 5.65. The molecule has 1 N–H and O–H groups in total. The lowest BCUT2D eigenvalue weighted by Gasteiger charge is -1.97. The molecule has 80 valence electrons. The number of methoxy groups -OCH3 is 1. The number of rotatable bonds is 7. The van der Waals surface area contributed by atoms with Gasteiger partial charge in [0.05, 0.1) is 12.4 Å². The van der Waals surface area contributed by atoms with Crippen molar-refractivity contribution in [1.29, 1.82) is 0 Å². The molecule has 0 aliphatic heterocycles. The van der Waals surface area contributed by atoms with Crippen LogP contribution in [0.15, 0.2) is 4.52 Å². The van der Waals surface area contributed by atoms with E-state index in [4.69, 9.17) is 9.26 Å². The van der Waals surface area contributed by atoms with Crippen molar-refractivity contribution in [2.75, 3.05) is 31.3 Å². The summed E-state index contributed by atoms with van der Waals surface area (Å²) < 4.78 is 9.85. The maximum absolute atomic E-state index is 4.97. The minimum absolute atomic E-state index is 0.466. The summed E-state index contributed by atoms with van der Waals surface area (Å²) in [4.78, 5) is 4.15. The second kappa shape index (κ2) is 6.67. The van der Waals surface area contributed by atoms with Gasteiger partial charge in [0.2, 0.25) is 0 Å². The third-order valence-corrected chi connectivity index (χ3v) is 2.36. The van der Waals surface area contributed by atoms with E-state index < -0.39 is 0 Å². The van der Waals surface area contributed by atoms with Gasteiger partial charge in [-0.2, -0.15) is 16.7 Å². The molecule has 0 radical (unpaired) electrons. The van der Waals surface area contributed by atoms with Crippen molar-refractivity contribution >= 4 is 17.8 Å². The average molecular weight is 217 g/mol. The van der Waals surface area contributed by atoms with Gasteiger partial charge in [0.25, 0.3) is 0 Å². The van der Waals surface area contributed by atoms with Crippen molar-refractivity contribution in [3.63, 3.8) is 0 Å². The molecule has 0 aliphatic carbocycles. The summed E-state index contributed by atoms with van der Waals surface area (Å²) in [5, 5.41) is 6.79. The summed E-state index contributed by atoms with van der Waals surface area (Å²) in [6.07, 6.45) is 0. The molecule has 6 heteroatoms. The highest BCUT2D eigenvalue weighted by atomic mass is 32.2. The van der Waals surface area contributed by atoms with Gasteiger partial charge in [-0.15, -0.1) is 0 Å². The Morgan fingerprint density at radius 3 is 3.14 bits per heavy atom. The molecule has 0 aliphatic rings.